The molecule has 2 heteroatoms. The molecule has 0 N–H and O–H groups in total. The Morgan fingerprint density at radius 1 is 0.625 bits per heavy atom. The summed E-state index contributed by atoms with van der Waals surface area (Å²) in [4.78, 5) is 22.9. The zero-order chi connectivity index (χ0) is 17.6. The van der Waals surface area contributed by atoms with Crippen LogP contribution in [0.15, 0.2) is 12.1 Å². The quantitative estimate of drug-likeness (QED) is 0.295. The van der Waals surface area contributed by atoms with Crippen LogP contribution >= 0.6 is 0 Å². The first-order valence-corrected chi connectivity index (χ1v) is 9.82. The van der Waals surface area contributed by atoms with E-state index in [1.165, 1.54) is 51.4 Å². The van der Waals surface area contributed by atoms with Crippen molar-refractivity contribution in [1.82, 2.24) is 0 Å². The van der Waals surface area contributed by atoms with Gasteiger partial charge in [0.15, 0.2) is 0 Å². The number of rotatable bonds is 14. The minimum absolute atomic E-state index is 0.776. The van der Waals surface area contributed by atoms with Gasteiger partial charge in [-0.15, -0.1) is 0 Å². The number of benzene rings is 1. The Bertz CT molecular complexity index is 491. The maximum atomic E-state index is 11.4. The van der Waals surface area contributed by atoms with Gasteiger partial charge in [0.05, 0.1) is 0 Å². The van der Waals surface area contributed by atoms with E-state index in [0.29, 0.717) is 0 Å². The van der Waals surface area contributed by atoms with Crippen LogP contribution in [-0.4, -0.2) is 12.6 Å². The Kier molecular flexibility index (Phi) is 11.1. The lowest BCUT2D eigenvalue weighted by molar-refractivity contribution is 0.111. The molecule has 0 aromatic heterocycles. The fourth-order valence-electron chi connectivity index (χ4n) is 3.22. The third-order valence-corrected chi connectivity index (χ3v) is 4.75. The number of carbonyl (C=O) groups is 2. The van der Waals surface area contributed by atoms with E-state index in [1.54, 1.807) is 0 Å². The lowest BCUT2D eigenvalue weighted by atomic mass is 9.93. The largest absolute Gasteiger partial charge is 0.298 e. The van der Waals surface area contributed by atoms with Crippen LogP contribution in [0.25, 0.3) is 0 Å². The summed E-state index contributed by atoms with van der Waals surface area (Å²) >= 11 is 0. The lowest BCUT2D eigenvalue weighted by Crippen LogP contribution is -2.01. The fourth-order valence-corrected chi connectivity index (χ4v) is 3.22. The second-order valence-electron chi connectivity index (χ2n) is 6.81. The van der Waals surface area contributed by atoms with Crippen molar-refractivity contribution in [3.63, 3.8) is 0 Å². The smallest absolute Gasteiger partial charge is 0.150 e. The number of carbonyl (C=O) groups excluding carboxylic acids is 2. The first-order valence-electron chi connectivity index (χ1n) is 9.82. The van der Waals surface area contributed by atoms with Crippen molar-refractivity contribution in [3.8, 4) is 0 Å². The van der Waals surface area contributed by atoms with Crippen molar-refractivity contribution < 1.29 is 9.59 Å². The first-order chi connectivity index (χ1) is 11.8. The highest BCUT2D eigenvalue weighted by Gasteiger charge is 2.09. The number of aryl methyl sites for hydroxylation is 2. The van der Waals surface area contributed by atoms with Gasteiger partial charge in [-0.1, -0.05) is 65.2 Å². The van der Waals surface area contributed by atoms with Crippen LogP contribution in [0.1, 0.15) is 110 Å². The van der Waals surface area contributed by atoms with Gasteiger partial charge in [-0.05, 0) is 48.9 Å². The maximum absolute atomic E-state index is 11.4. The van der Waals surface area contributed by atoms with E-state index >= 15 is 0 Å². The van der Waals surface area contributed by atoms with Crippen LogP contribution in [0.2, 0.25) is 0 Å². The summed E-state index contributed by atoms with van der Waals surface area (Å²) < 4.78 is 0. The van der Waals surface area contributed by atoms with Crippen molar-refractivity contribution in [2.45, 2.75) is 90.9 Å². The van der Waals surface area contributed by atoms with Crippen molar-refractivity contribution in [1.29, 1.82) is 0 Å². The second-order valence-corrected chi connectivity index (χ2v) is 6.81. The van der Waals surface area contributed by atoms with Crippen molar-refractivity contribution in [3.05, 3.63) is 34.4 Å². The Morgan fingerprint density at radius 2 is 1.00 bits per heavy atom. The average Bonchev–Trinajstić information content (AvgIpc) is 2.61. The molecule has 24 heavy (non-hydrogen) atoms. The summed E-state index contributed by atoms with van der Waals surface area (Å²) in [5.41, 5.74) is 3.63. The van der Waals surface area contributed by atoms with Gasteiger partial charge >= 0.3 is 0 Å². The summed E-state index contributed by atoms with van der Waals surface area (Å²) in [6.45, 7) is 4.42. The molecule has 0 unspecified atom stereocenters. The summed E-state index contributed by atoms with van der Waals surface area (Å²) in [5.74, 6) is 0. The minimum atomic E-state index is 0.776. The van der Waals surface area contributed by atoms with Crippen LogP contribution in [0.3, 0.4) is 0 Å². The number of hydrogen-bond donors (Lipinski definition) is 0. The number of unbranched alkanes of at least 4 members (excludes halogenated alkanes) is 8. The van der Waals surface area contributed by atoms with Gasteiger partial charge in [-0.3, -0.25) is 9.59 Å². The zero-order valence-electron chi connectivity index (χ0n) is 15.6. The fraction of sp³-hybridized carbons (Fsp3) is 0.636. The first kappa shape index (κ1) is 20.6. The SMILES string of the molecule is CCCCCCCCc1cc(C=O)c(CCCCCC)cc1C=O. The molecule has 0 fully saturated rings. The Morgan fingerprint density at radius 3 is 1.42 bits per heavy atom. The molecule has 0 atom stereocenters. The molecule has 0 aliphatic heterocycles. The maximum Gasteiger partial charge on any atom is 0.150 e. The van der Waals surface area contributed by atoms with Gasteiger partial charge in [-0.2, -0.15) is 0 Å². The van der Waals surface area contributed by atoms with Crippen LogP contribution < -0.4 is 0 Å². The highest BCUT2D eigenvalue weighted by Crippen LogP contribution is 2.20. The van der Waals surface area contributed by atoms with E-state index in [-0.39, 0.29) is 0 Å². The Labute approximate surface area is 148 Å². The van der Waals surface area contributed by atoms with Crippen LogP contribution in [0.4, 0.5) is 0 Å². The van der Waals surface area contributed by atoms with E-state index in [4.69, 9.17) is 0 Å². The number of aldehydes is 2. The monoisotopic (exact) mass is 330 g/mol. The summed E-state index contributed by atoms with van der Waals surface area (Å²) in [5, 5.41) is 0. The topological polar surface area (TPSA) is 34.1 Å². The van der Waals surface area contributed by atoms with Crippen LogP contribution in [0, 0.1) is 0 Å². The summed E-state index contributed by atoms with van der Waals surface area (Å²) in [6.07, 6.45) is 15.8. The Balaban J connectivity index is 2.64. The highest BCUT2D eigenvalue weighted by atomic mass is 16.1. The van der Waals surface area contributed by atoms with E-state index in [0.717, 1.165) is 60.5 Å². The lowest BCUT2D eigenvalue weighted by Gasteiger charge is -2.11. The molecule has 1 aromatic carbocycles. The van der Waals surface area contributed by atoms with Gasteiger partial charge in [0.2, 0.25) is 0 Å². The van der Waals surface area contributed by atoms with Crippen LogP contribution in [0.5, 0.6) is 0 Å². The molecule has 134 valence electrons. The predicted molar refractivity (Wildman–Crippen MR) is 102 cm³/mol. The van der Waals surface area contributed by atoms with Gasteiger partial charge in [0.25, 0.3) is 0 Å². The average molecular weight is 331 g/mol. The normalized spacial score (nSPS) is 10.8. The van der Waals surface area contributed by atoms with Crippen molar-refractivity contribution in [2.24, 2.45) is 0 Å². The minimum Gasteiger partial charge on any atom is -0.298 e. The molecule has 0 amide bonds. The molecule has 0 heterocycles. The van der Waals surface area contributed by atoms with Crippen molar-refractivity contribution in [2.75, 3.05) is 0 Å². The molecule has 1 aromatic rings. The zero-order valence-corrected chi connectivity index (χ0v) is 15.6. The summed E-state index contributed by atoms with van der Waals surface area (Å²) in [7, 11) is 0. The molecule has 0 spiro atoms. The molecule has 0 radical (unpaired) electrons. The summed E-state index contributed by atoms with van der Waals surface area (Å²) in [6, 6.07) is 3.91. The van der Waals surface area contributed by atoms with Gasteiger partial charge < -0.3 is 0 Å². The van der Waals surface area contributed by atoms with Gasteiger partial charge in [-0.25, -0.2) is 0 Å². The number of hydrogen-bond acceptors (Lipinski definition) is 2. The third-order valence-electron chi connectivity index (χ3n) is 4.75. The molecule has 0 saturated heterocycles. The second kappa shape index (κ2) is 12.9. The molecule has 0 aliphatic rings. The van der Waals surface area contributed by atoms with E-state index in [2.05, 4.69) is 13.8 Å². The molecule has 1 rings (SSSR count). The van der Waals surface area contributed by atoms with Crippen molar-refractivity contribution >= 4 is 12.6 Å². The van der Waals surface area contributed by atoms with Gasteiger partial charge in [0, 0.05) is 11.1 Å². The van der Waals surface area contributed by atoms with Crippen LogP contribution in [-0.2, 0) is 12.8 Å². The van der Waals surface area contributed by atoms with E-state index in [1.807, 2.05) is 12.1 Å². The van der Waals surface area contributed by atoms with E-state index in [9.17, 15) is 9.59 Å². The third kappa shape index (κ3) is 7.42. The molecule has 0 bridgehead atoms. The van der Waals surface area contributed by atoms with Gasteiger partial charge in [0.1, 0.15) is 12.6 Å². The molecule has 0 aliphatic carbocycles. The Hall–Kier alpha value is -1.44. The molecular formula is C22H34O2. The molecular weight excluding hydrogens is 296 g/mol. The predicted octanol–water partition coefficient (Wildman–Crippen LogP) is 6.34. The molecule has 0 saturated carbocycles. The standard InChI is InChI=1S/C22H34O2/c1-3-5-7-9-10-12-14-20-16-21(17-23)19(15-22(20)18-24)13-11-8-6-4-2/h15-18H,3-14H2,1-2H3. The van der Waals surface area contributed by atoms with E-state index < -0.39 is 0 Å². The highest BCUT2D eigenvalue weighted by molar-refractivity contribution is 5.83. The molecule has 2 nitrogen and oxygen atoms in total.